The molecule has 1 aliphatic rings. The van der Waals surface area contributed by atoms with E-state index >= 15 is 0 Å². The van der Waals surface area contributed by atoms with Crippen LogP contribution in [0.25, 0.3) is 6.08 Å². The Bertz CT molecular complexity index is 888. The number of hydrogen-bond donors (Lipinski definition) is 1. The molecule has 0 saturated carbocycles. The molecule has 3 rings (SSSR count). The highest BCUT2D eigenvalue weighted by Gasteiger charge is 2.17. The van der Waals surface area contributed by atoms with Crippen molar-refractivity contribution in [3.8, 4) is 23.0 Å². The van der Waals surface area contributed by atoms with Crippen molar-refractivity contribution in [2.24, 2.45) is 0 Å². The number of amides is 1. The van der Waals surface area contributed by atoms with Crippen LogP contribution in [-0.2, 0) is 6.42 Å². The van der Waals surface area contributed by atoms with Gasteiger partial charge in [-0.3, -0.25) is 4.79 Å². The van der Waals surface area contributed by atoms with E-state index in [1.807, 2.05) is 18.2 Å². The molecular formula is C21H23NO5. The summed E-state index contributed by atoms with van der Waals surface area (Å²) in [6.07, 6.45) is 3.52. The lowest BCUT2D eigenvalue weighted by atomic mass is 9.94. The molecule has 0 radical (unpaired) electrons. The minimum Gasteiger partial charge on any atom is -0.493 e. The van der Waals surface area contributed by atoms with Crippen LogP contribution >= 0.6 is 0 Å². The van der Waals surface area contributed by atoms with Gasteiger partial charge in [0.1, 0.15) is 0 Å². The minimum absolute atomic E-state index is 0.189. The molecule has 6 heteroatoms. The van der Waals surface area contributed by atoms with Crippen LogP contribution in [0, 0.1) is 0 Å². The van der Waals surface area contributed by atoms with Crippen LogP contribution in [0.2, 0.25) is 0 Å². The van der Waals surface area contributed by atoms with Crippen LogP contribution < -0.4 is 24.3 Å². The zero-order valence-electron chi connectivity index (χ0n) is 15.9. The van der Waals surface area contributed by atoms with Crippen molar-refractivity contribution in [3.63, 3.8) is 0 Å². The summed E-state index contributed by atoms with van der Waals surface area (Å²) in [5, 5.41) is 2.98. The van der Waals surface area contributed by atoms with Crippen molar-refractivity contribution >= 4 is 12.0 Å². The summed E-state index contributed by atoms with van der Waals surface area (Å²) in [6.45, 7) is 0. The van der Waals surface area contributed by atoms with Gasteiger partial charge in [-0.05, 0) is 60.4 Å². The number of carbonyl (C=O) groups is 1. The predicted octanol–water partition coefficient (Wildman–Crippen LogP) is 3.44. The summed E-state index contributed by atoms with van der Waals surface area (Å²) >= 11 is 0. The number of nitrogens with one attached hydrogen (secondary N) is 1. The lowest BCUT2D eigenvalue weighted by Gasteiger charge is -2.19. The Hall–Kier alpha value is -3.15. The largest absolute Gasteiger partial charge is 0.493 e. The van der Waals surface area contributed by atoms with E-state index in [1.165, 1.54) is 0 Å². The molecule has 0 fully saturated rings. The zero-order chi connectivity index (χ0) is 19.4. The topological polar surface area (TPSA) is 66.0 Å². The van der Waals surface area contributed by atoms with Crippen LogP contribution in [0.15, 0.2) is 36.0 Å². The van der Waals surface area contributed by atoms with E-state index in [2.05, 4.69) is 5.32 Å². The van der Waals surface area contributed by atoms with Gasteiger partial charge >= 0.3 is 0 Å². The van der Waals surface area contributed by atoms with Gasteiger partial charge in [0.05, 0.1) is 28.4 Å². The second-order valence-corrected chi connectivity index (χ2v) is 6.10. The molecule has 2 aromatic carbocycles. The SMILES string of the molecule is COc1ccc(C(=O)NC2=Cc3cc(OC)c(OC)cc3CC2)cc1OC. The van der Waals surface area contributed by atoms with Crippen LogP contribution in [0.1, 0.15) is 27.9 Å². The Morgan fingerprint density at radius 1 is 0.815 bits per heavy atom. The fourth-order valence-corrected chi connectivity index (χ4v) is 3.11. The second kappa shape index (κ2) is 8.03. The van der Waals surface area contributed by atoms with Gasteiger partial charge in [0.25, 0.3) is 5.91 Å². The summed E-state index contributed by atoms with van der Waals surface area (Å²) in [5.41, 5.74) is 3.54. The molecule has 0 unspecified atom stereocenters. The van der Waals surface area contributed by atoms with Gasteiger partial charge in [0.15, 0.2) is 23.0 Å². The highest BCUT2D eigenvalue weighted by atomic mass is 16.5. The Morgan fingerprint density at radius 2 is 1.44 bits per heavy atom. The molecule has 1 aliphatic carbocycles. The van der Waals surface area contributed by atoms with Gasteiger partial charge in [-0.1, -0.05) is 0 Å². The number of hydrogen-bond acceptors (Lipinski definition) is 5. The standard InChI is InChI=1S/C21H23NO5/c1-24-17-8-6-14(11-18(17)25-2)21(23)22-16-7-5-13-10-19(26-3)20(27-4)12-15(13)9-16/h6,8-12H,5,7H2,1-4H3,(H,22,23). The number of aryl methyl sites for hydroxylation is 1. The summed E-state index contributed by atoms with van der Waals surface area (Å²) in [4.78, 5) is 12.6. The molecule has 0 aromatic heterocycles. The average molecular weight is 369 g/mol. The molecule has 0 bridgehead atoms. The number of benzene rings is 2. The third-order valence-electron chi connectivity index (χ3n) is 4.56. The maximum atomic E-state index is 12.6. The summed E-state index contributed by atoms with van der Waals surface area (Å²) in [6, 6.07) is 9.00. The van der Waals surface area contributed by atoms with Gasteiger partial charge in [-0.2, -0.15) is 0 Å². The number of rotatable bonds is 6. The smallest absolute Gasteiger partial charge is 0.255 e. The average Bonchev–Trinajstić information content (AvgIpc) is 2.71. The van der Waals surface area contributed by atoms with Gasteiger partial charge < -0.3 is 24.3 Å². The summed E-state index contributed by atoms with van der Waals surface area (Å²) in [7, 11) is 6.33. The zero-order valence-corrected chi connectivity index (χ0v) is 15.9. The number of carbonyl (C=O) groups excluding carboxylic acids is 1. The van der Waals surface area contributed by atoms with Crippen molar-refractivity contribution in [1.82, 2.24) is 5.32 Å². The Kier molecular flexibility index (Phi) is 5.54. The van der Waals surface area contributed by atoms with Gasteiger partial charge in [-0.25, -0.2) is 0 Å². The fourth-order valence-electron chi connectivity index (χ4n) is 3.11. The maximum Gasteiger partial charge on any atom is 0.255 e. The minimum atomic E-state index is -0.189. The highest BCUT2D eigenvalue weighted by Crippen LogP contribution is 2.34. The fraction of sp³-hybridized carbons (Fsp3) is 0.286. The number of methoxy groups -OCH3 is 4. The van der Waals surface area contributed by atoms with Crippen molar-refractivity contribution in [2.75, 3.05) is 28.4 Å². The molecule has 142 valence electrons. The van der Waals surface area contributed by atoms with Crippen molar-refractivity contribution in [1.29, 1.82) is 0 Å². The lowest BCUT2D eigenvalue weighted by Crippen LogP contribution is -2.24. The Morgan fingerprint density at radius 3 is 2.11 bits per heavy atom. The van der Waals surface area contributed by atoms with Gasteiger partial charge in [0, 0.05) is 11.3 Å². The van der Waals surface area contributed by atoms with Crippen LogP contribution in [0.3, 0.4) is 0 Å². The summed E-state index contributed by atoms with van der Waals surface area (Å²) in [5.74, 6) is 2.29. The van der Waals surface area contributed by atoms with E-state index in [0.717, 1.165) is 29.7 Å². The highest BCUT2D eigenvalue weighted by molar-refractivity contribution is 5.96. The molecule has 0 aliphatic heterocycles. The molecular weight excluding hydrogens is 346 g/mol. The van der Waals surface area contributed by atoms with Crippen LogP contribution in [0.4, 0.5) is 0 Å². The van der Waals surface area contributed by atoms with E-state index < -0.39 is 0 Å². The third kappa shape index (κ3) is 3.84. The molecule has 2 aromatic rings. The van der Waals surface area contributed by atoms with E-state index in [0.29, 0.717) is 28.6 Å². The second-order valence-electron chi connectivity index (χ2n) is 6.10. The molecule has 1 amide bonds. The van der Waals surface area contributed by atoms with Gasteiger partial charge in [0.2, 0.25) is 0 Å². The van der Waals surface area contributed by atoms with E-state index in [-0.39, 0.29) is 5.91 Å². The molecule has 0 spiro atoms. The van der Waals surface area contributed by atoms with Crippen molar-refractivity contribution in [3.05, 3.63) is 52.7 Å². The Balaban J connectivity index is 1.82. The van der Waals surface area contributed by atoms with Crippen molar-refractivity contribution in [2.45, 2.75) is 12.8 Å². The molecule has 27 heavy (non-hydrogen) atoms. The van der Waals surface area contributed by atoms with Gasteiger partial charge in [-0.15, -0.1) is 0 Å². The lowest BCUT2D eigenvalue weighted by molar-refractivity contribution is 0.0964. The normalized spacial score (nSPS) is 12.5. The Labute approximate surface area is 158 Å². The molecule has 1 N–H and O–H groups in total. The number of fused-ring (bicyclic) bond motifs is 1. The molecule has 0 saturated heterocycles. The first-order chi connectivity index (χ1) is 13.1. The first kappa shape index (κ1) is 18.6. The van der Waals surface area contributed by atoms with Crippen molar-refractivity contribution < 1.29 is 23.7 Å². The van der Waals surface area contributed by atoms with Crippen LogP contribution in [0.5, 0.6) is 23.0 Å². The maximum absolute atomic E-state index is 12.6. The van der Waals surface area contributed by atoms with E-state index in [4.69, 9.17) is 18.9 Å². The monoisotopic (exact) mass is 369 g/mol. The predicted molar refractivity (Wildman–Crippen MR) is 103 cm³/mol. The van der Waals surface area contributed by atoms with E-state index in [9.17, 15) is 4.79 Å². The quantitative estimate of drug-likeness (QED) is 0.845. The van der Waals surface area contributed by atoms with Crippen LogP contribution in [-0.4, -0.2) is 34.3 Å². The molecule has 6 nitrogen and oxygen atoms in total. The molecule has 0 heterocycles. The van der Waals surface area contributed by atoms with E-state index in [1.54, 1.807) is 46.6 Å². The first-order valence-corrected chi connectivity index (χ1v) is 8.58. The summed E-state index contributed by atoms with van der Waals surface area (Å²) < 4.78 is 21.2. The molecule has 0 atom stereocenters. The first-order valence-electron chi connectivity index (χ1n) is 8.58. The number of ether oxygens (including phenoxy) is 4. The third-order valence-corrected chi connectivity index (χ3v) is 4.56. The number of allylic oxidation sites excluding steroid dienone is 1.